The number of halogens is 2. The maximum atomic E-state index is 12.6. The highest BCUT2D eigenvalue weighted by molar-refractivity contribution is 6.35. The molecule has 2 aromatic carbocycles. The Morgan fingerprint density at radius 3 is 2.50 bits per heavy atom. The van der Waals surface area contributed by atoms with Crippen molar-refractivity contribution in [1.29, 1.82) is 0 Å². The van der Waals surface area contributed by atoms with Gasteiger partial charge in [0.05, 0.1) is 16.8 Å². The summed E-state index contributed by atoms with van der Waals surface area (Å²) in [7, 11) is 0. The fourth-order valence-corrected chi connectivity index (χ4v) is 3.53. The Bertz CT molecular complexity index is 788. The SMILES string of the molecule is Cc1cccc(N2CCN([C@@H](C)C(=O)Nc3cc(Cl)ccc3Cl)CC2)c1. The number of carbonyl (C=O) groups excluding carboxylic acids is 1. The second-order valence-corrected chi connectivity index (χ2v) is 7.50. The first kappa shape index (κ1) is 19.0. The zero-order valence-corrected chi connectivity index (χ0v) is 16.5. The van der Waals surface area contributed by atoms with Crippen LogP contribution in [0.25, 0.3) is 0 Å². The van der Waals surface area contributed by atoms with Gasteiger partial charge in [0, 0.05) is 36.9 Å². The Morgan fingerprint density at radius 2 is 1.81 bits per heavy atom. The molecule has 1 aliphatic rings. The molecule has 138 valence electrons. The van der Waals surface area contributed by atoms with Gasteiger partial charge in [-0.15, -0.1) is 0 Å². The van der Waals surface area contributed by atoms with Crippen LogP contribution >= 0.6 is 23.2 Å². The molecule has 1 amide bonds. The number of anilines is 2. The molecule has 3 rings (SSSR count). The number of piperazine rings is 1. The molecule has 4 nitrogen and oxygen atoms in total. The van der Waals surface area contributed by atoms with Crippen LogP contribution in [0, 0.1) is 6.92 Å². The molecule has 0 saturated carbocycles. The molecule has 2 aromatic rings. The predicted molar refractivity (Wildman–Crippen MR) is 110 cm³/mol. The number of rotatable bonds is 4. The molecule has 26 heavy (non-hydrogen) atoms. The van der Waals surface area contributed by atoms with Crippen molar-refractivity contribution >= 4 is 40.5 Å². The summed E-state index contributed by atoms with van der Waals surface area (Å²) in [4.78, 5) is 17.2. The van der Waals surface area contributed by atoms with E-state index in [1.165, 1.54) is 11.3 Å². The first-order chi connectivity index (χ1) is 12.4. The Balaban J connectivity index is 1.58. The van der Waals surface area contributed by atoms with Gasteiger partial charge in [-0.2, -0.15) is 0 Å². The summed E-state index contributed by atoms with van der Waals surface area (Å²) in [6, 6.07) is 13.4. The standard InChI is InChI=1S/C20H23Cl2N3O/c1-14-4-3-5-17(12-14)25-10-8-24(9-11-25)15(2)20(26)23-19-13-16(21)6-7-18(19)22/h3-7,12-13,15H,8-11H2,1-2H3,(H,23,26)/t15-/m0/s1. The van der Waals surface area contributed by atoms with Crippen LogP contribution in [0.5, 0.6) is 0 Å². The molecule has 0 bridgehead atoms. The first-order valence-corrected chi connectivity index (χ1v) is 9.51. The largest absolute Gasteiger partial charge is 0.369 e. The number of aryl methyl sites for hydroxylation is 1. The molecule has 1 aliphatic heterocycles. The number of amides is 1. The average Bonchev–Trinajstić information content (AvgIpc) is 2.64. The fraction of sp³-hybridized carbons (Fsp3) is 0.350. The lowest BCUT2D eigenvalue weighted by Gasteiger charge is -2.38. The van der Waals surface area contributed by atoms with Crippen LogP contribution < -0.4 is 10.2 Å². The van der Waals surface area contributed by atoms with E-state index in [1.54, 1.807) is 18.2 Å². The molecule has 1 heterocycles. The van der Waals surface area contributed by atoms with Crippen molar-refractivity contribution in [1.82, 2.24) is 4.90 Å². The van der Waals surface area contributed by atoms with Gasteiger partial charge < -0.3 is 10.2 Å². The summed E-state index contributed by atoms with van der Waals surface area (Å²) in [5.41, 5.74) is 3.05. The van der Waals surface area contributed by atoms with E-state index in [0.29, 0.717) is 15.7 Å². The van der Waals surface area contributed by atoms with Gasteiger partial charge in [-0.05, 0) is 49.7 Å². The third-order valence-corrected chi connectivity index (χ3v) is 5.36. The van der Waals surface area contributed by atoms with Crippen LogP contribution in [-0.2, 0) is 4.79 Å². The van der Waals surface area contributed by atoms with Crippen LogP contribution in [0.2, 0.25) is 10.0 Å². The van der Waals surface area contributed by atoms with Gasteiger partial charge in [-0.1, -0.05) is 35.3 Å². The van der Waals surface area contributed by atoms with E-state index in [0.717, 1.165) is 26.2 Å². The van der Waals surface area contributed by atoms with Gasteiger partial charge in [0.2, 0.25) is 5.91 Å². The highest BCUT2D eigenvalue weighted by atomic mass is 35.5. The number of carbonyl (C=O) groups is 1. The predicted octanol–water partition coefficient (Wildman–Crippen LogP) is 4.45. The molecular formula is C20H23Cl2N3O. The molecule has 0 unspecified atom stereocenters. The lowest BCUT2D eigenvalue weighted by atomic mass is 10.1. The molecule has 1 atom stereocenters. The summed E-state index contributed by atoms with van der Waals surface area (Å²) < 4.78 is 0. The second-order valence-electron chi connectivity index (χ2n) is 6.65. The monoisotopic (exact) mass is 391 g/mol. The summed E-state index contributed by atoms with van der Waals surface area (Å²) in [5, 5.41) is 3.92. The maximum absolute atomic E-state index is 12.6. The third kappa shape index (κ3) is 4.50. The lowest BCUT2D eigenvalue weighted by Crippen LogP contribution is -2.52. The normalized spacial score (nSPS) is 16.4. The van der Waals surface area contributed by atoms with Gasteiger partial charge in [0.15, 0.2) is 0 Å². The van der Waals surface area contributed by atoms with Crippen molar-refractivity contribution in [2.24, 2.45) is 0 Å². The average molecular weight is 392 g/mol. The van der Waals surface area contributed by atoms with Gasteiger partial charge >= 0.3 is 0 Å². The first-order valence-electron chi connectivity index (χ1n) is 8.75. The van der Waals surface area contributed by atoms with Crippen molar-refractivity contribution in [3.05, 3.63) is 58.1 Å². The highest BCUT2D eigenvalue weighted by Gasteiger charge is 2.26. The van der Waals surface area contributed by atoms with E-state index < -0.39 is 0 Å². The zero-order chi connectivity index (χ0) is 18.7. The van der Waals surface area contributed by atoms with Crippen molar-refractivity contribution in [2.75, 3.05) is 36.4 Å². The van der Waals surface area contributed by atoms with Gasteiger partial charge in [0.25, 0.3) is 0 Å². The van der Waals surface area contributed by atoms with Gasteiger partial charge in [-0.25, -0.2) is 0 Å². The van der Waals surface area contributed by atoms with E-state index in [4.69, 9.17) is 23.2 Å². The number of nitrogens with zero attached hydrogens (tertiary/aromatic N) is 2. The van der Waals surface area contributed by atoms with Crippen LogP contribution in [0.1, 0.15) is 12.5 Å². The summed E-state index contributed by atoms with van der Waals surface area (Å²) >= 11 is 12.1. The Kier molecular flexibility index (Phi) is 6.07. The Morgan fingerprint density at radius 1 is 1.08 bits per heavy atom. The zero-order valence-electron chi connectivity index (χ0n) is 15.0. The summed E-state index contributed by atoms with van der Waals surface area (Å²) in [5.74, 6) is -0.0711. The van der Waals surface area contributed by atoms with Crippen LogP contribution in [0.15, 0.2) is 42.5 Å². The molecule has 0 radical (unpaired) electrons. The molecule has 1 N–H and O–H groups in total. The minimum atomic E-state index is -0.232. The van der Waals surface area contributed by atoms with Crippen molar-refractivity contribution < 1.29 is 4.79 Å². The van der Waals surface area contributed by atoms with E-state index in [1.807, 2.05) is 6.92 Å². The fourth-order valence-electron chi connectivity index (χ4n) is 3.19. The highest BCUT2D eigenvalue weighted by Crippen LogP contribution is 2.26. The maximum Gasteiger partial charge on any atom is 0.241 e. The van der Waals surface area contributed by atoms with Crippen molar-refractivity contribution in [2.45, 2.75) is 19.9 Å². The van der Waals surface area contributed by atoms with Crippen molar-refractivity contribution in [3.8, 4) is 0 Å². The molecular weight excluding hydrogens is 369 g/mol. The van der Waals surface area contributed by atoms with E-state index in [-0.39, 0.29) is 11.9 Å². The smallest absolute Gasteiger partial charge is 0.241 e. The number of hydrogen-bond acceptors (Lipinski definition) is 3. The minimum Gasteiger partial charge on any atom is -0.369 e. The summed E-state index contributed by atoms with van der Waals surface area (Å²) in [6.45, 7) is 7.51. The topological polar surface area (TPSA) is 35.6 Å². The summed E-state index contributed by atoms with van der Waals surface area (Å²) in [6.07, 6.45) is 0. The minimum absolute atomic E-state index is 0.0711. The molecule has 0 aliphatic carbocycles. The van der Waals surface area contributed by atoms with Gasteiger partial charge in [-0.3, -0.25) is 9.69 Å². The molecule has 1 fully saturated rings. The quantitative estimate of drug-likeness (QED) is 0.835. The van der Waals surface area contributed by atoms with Gasteiger partial charge in [0.1, 0.15) is 0 Å². The number of nitrogens with one attached hydrogen (secondary N) is 1. The lowest BCUT2D eigenvalue weighted by molar-refractivity contribution is -0.120. The van der Waals surface area contributed by atoms with Crippen LogP contribution in [0.3, 0.4) is 0 Å². The molecule has 0 aromatic heterocycles. The number of benzene rings is 2. The van der Waals surface area contributed by atoms with E-state index in [9.17, 15) is 4.79 Å². The van der Waals surface area contributed by atoms with E-state index >= 15 is 0 Å². The van der Waals surface area contributed by atoms with E-state index in [2.05, 4.69) is 46.3 Å². The molecule has 0 spiro atoms. The molecule has 1 saturated heterocycles. The Hall–Kier alpha value is -1.75. The van der Waals surface area contributed by atoms with Crippen LogP contribution in [0.4, 0.5) is 11.4 Å². The third-order valence-electron chi connectivity index (χ3n) is 4.79. The van der Waals surface area contributed by atoms with Crippen LogP contribution in [-0.4, -0.2) is 43.0 Å². The second kappa shape index (κ2) is 8.30. The Labute approximate surface area is 164 Å². The van der Waals surface area contributed by atoms with Crippen molar-refractivity contribution in [3.63, 3.8) is 0 Å². The number of hydrogen-bond donors (Lipinski definition) is 1. The molecule has 6 heteroatoms.